The zero-order chi connectivity index (χ0) is 30.4. The Bertz CT molecular complexity index is 1510. The van der Waals surface area contributed by atoms with Gasteiger partial charge in [-0.3, -0.25) is 0 Å². The van der Waals surface area contributed by atoms with Gasteiger partial charge >= 0.3 is 0 Å². The van der Waals surface area contributed by atoms with E-state index in [4.69, 9.17) is 18.9 Å². The molecule has 0 spiro atoms. The minimum Gasteiger partial charge on any atom is -0.508 e. The fourth-order valence-corrected chi connectivity index (χ4v) is 7.12. The lowest BCUT2D eigenvalue weighted by molar-refractivity contribution is 0.0186. The predicted octanol–water partition coefficient (Wildman–Crippen LogP) is 6.92. The van der Waals surface area contributed by atoms with Crippen LogP contribution in [0.25, 0.3) is 11.1 Å². The van der Waals surface area contributed by atoms with Crippen molar-refractivity contribution < 1.29 is 39.4 Å². The molecule has 8 nitrogen and oxygen atoms in total. The average molecular weight is 591 g/mol. The molecule has 1 fully saturated rings. The van der Waals surface area contributed by atoms with Gasteiger partial charge in [0.15, 0.2) is 17.6 Å². The van der Waals surface area contributed by atoms with Crippen molar-refractivity contribution in [3.8, 4) is 51.4 Å². The SMILES string of the molecule is COc1cc2c(c3c1-c1ccc(O)cc1[C@H](CCC(C)C)C3)C[C@@H](O)[C@H](c1cc(OC3CCCC3)c(O)c(OC)c1O)O2. The highest BCUT2D eigenvalue weighted by Crippen LogP contribution is 2.54. The van der Waals surface area contributed by atoms with Gasteiger partial charge in [-0.15, -0.1) is 0 Å². The first-order valence-electron chi connectivity index (χ1n) is 15.4. The largest absolute Gasteiger partial charge is 0.508 e. The summed E-state index contributed by atoms with van der Waals surface area (Å²) in [4.78, 5) is 0. The summed E-state index contributed by atoms with van der Waals surface area (Å²) in [6.07, 6.45) is 5.01. The van der Waals surface area contributed by atoms with E-state index in [-0.39, 0.29) is 46.3 Å². The lowest BCUT2D eigenvalue weighted by Crippen LogP contribution is -2.32. The van der Waals surface area contributed by atoms with E-state index in [9.17, 15) is 20.4 Å². The molecule has 230 valence electrons. The van der Waals surface area contributed by atoms with Crippen LogP contribution in [0.3, 0.4) is 0 Å². The van der Waals surface area contributed by atoms with Crippen LogP contribution in [0.1, 0.15) is 86.6 Å². The van der Waals surface area contributed by atoms with Crippen LogP contribution in [-0.2, 0) is 12.8 Å². The molecule has 1 saturated carbocycles. The normalized spacial score (nSPS) is 21.1. The summed E-state index contributed by atoms with van der Waals surface area (Å²) < 4.78 is 23.9. The number of fused-ring (bicyclic) bond motifs is 5. The first-order chi connectivity index (χ1) is 20.7. The zero-order valence-electron chi connectivity index (χ0n) is 25.4. The number of hydrogen-bond donors (Lipinski definition) is 4. The minimum atomic E-state index is -0.986. The van der Waals surface area contributed by atoms with Crippen LogP contribution in [0.15, 0.2) is 30.3 Å². The van der Waals surface area contributed by atoms with Crippen molar-refractivity contribution in [3.05, 3.63) is 52.6 Å². The van der Waals surface area contributed by atoms with Gasteiger partial charge in [0.2, 0.25) is 11.5 Å². The Hall–Kier alpha value is -3.78. The number of methoxy groups -OCH3 is 2. The first-order valence-corrected chi connectivity index (χ1v) is 15.4. The van der Waals surface area contributed by atoms with E-state index in [1.165, 1.54) is 7.11 Å². The summed E-state index contributed by atoms with van der Waals surface area (Å²) in [5.41, 5.74) is 5.38. The fourth-order valence-electron chi connectivity index (χ4n) is 7.12. The average Bonchev–Trinajstić information content (AvgIpc) is 3.50. The molecule has 2 aliphatic carbocycles. The maximum Gasteiger partial charge on any atom is 0.207 e. The van der Waals surface area contributed by atoms with Gasteiger partial charge < -0.3 is 39.4 Å². The first kappa shape index (κ1) is 29.3. The van der Waals surface area contributed by atoms with E-state index in [1.807, 2.05) is 18.2 Å². The molecule has 6 rings (SSSR count). The number of aliphatic hydroxyl groups is 1. The van der Waals surface area contributed by atoms with Crippen molar-refractivity contribution in [2.24, 2.45) is 5.92 Å². The topological polar surface area (TPSA) is 118 Å². The van der Waals surface area contributed by atoms with Gasteiger partial charge in [-0.2, -0.15) is 0 Å². The lowest BCUT2D eigenvalue weighted by Gasteiger charge is -2.37. The van der Waals surface area contributed by atoms with Crippen LogP contribution in [0, 0.1) is 5.92 Å². The summed E-state index contributed by atoms with van der Waals surface area (Å²) in [5.74, 6) is 1.76. The molecule has 0 bridgehead atoms. The standard InChI is InChI=1S/C35H42O8/c1-18(2)9-10-19-13-25-24-15-27(37)34(26-16-30(42-21-7-5-6-8-21)33(39)35(41-4)32(26)38)43-28(24)17-29(40-3)31(25)22-12-11-20(36)14-23(19)22/h11-12,14,16-19,21,27,34,36-39H,5-10,13,15H2,1-4H3/t19-,27-,34+/m1/s1. The molecule has 3 aromatic carbocycles. The molecule has 0 saturated heterocycles. The van der Waals surface area contributed by atoms with E-state index in [0.29, 0.717) is 23.8 Å². The van der Waals surface area contributed by atoms with Crippen molar-refractivity contribution in [2.75, 3.05) is 14.2 Å². The number of rotatable bonds is 8. The summed E-state index contributed by atoms with van der Waals surface area (Å²) in [6, 6.07) is 8.94. The van der Waals surface area contributed by atoms with Crippen molar-refractivity contribution in [1.29, 1.82) is 0 Å². The summed E-state index contributed by atoms with van der Waals surface area (Å²) in [6.45, 7) is 4.43. The molecule has 43 heavy (non-hydrogen) atoms. The highest BCUT2D eigenvalue weighted by Gasteiger charge is 2.39. The smallest absolute Gasteiger partial charge is 0.207 e. The molecule has 0 radical (unpaired) electrons. The van der Waals surface area contributed by atoms with Gasteiger partial charge in [-0.25, -0.2) is 0 Å². The number of hydrogen-bond acceptors (Lipinski definition) is 8. The second-order valence-corrected chi connectivity index (χ2v) is 12.6. The highest BCUT2D eigenvalue weighted by molar-refractivity contribution is 5.82. The Balaban J connectivity index is 1.42. The van der Waals surface area contributed by atoms with Gasteiger partial charge in [0.1, 0.15) is 17.2 Å². The van der Waals surface area contributed by atoms with Crippen LogP contribution < -0.4 is 18.9 Å². The molecule has 0 amide bonds. The minimum absolute atomic E-state index is 0.0323. The van der Waals surface area contributed by atoms with Gasteiger partial charge in [0.25, 0.3) is 0 Å². The van der Waals surface area contributed by atoms with Gasteiger partial charge in [0, 0.05) is 29.2 Å². The van der Waals surface area contributed by atoms with Gasteiger partial charge in [0.05, 0.1) is 26.4 Å². The molecule has 0 unspecified atom stereocenters. The quantitative estimate of drug-likeness (QED) is 0.223. The van der Waals surface area contributed by atoms with E-state index < -0.39 is 12.2 Å². The molecule has 0 aromatic heterocycles. The number of aliphatic hydroxyl groups excluding tert-OH is 1. The van der Waals surface area contributed by atoms with Crippen LogP contribution in [0.5, 0.6) is 40.2 Å². The van der Waals surface area contributed by atoms with E-state index in [1.54, 1.807) is 19.2 Å². The van der Waals surface area contributed by atoms with Crippen LogP contribution in [0.2, 0.25) is 0 Å². The molecule has 1 heterocycles. The molecule has 8 heteroatoms. The monoisotopic (exact) mass is 590 g/mol. The summed E-state index contributed by atoms with van der Waals surface area (Å²) in [5, 5.41) is 43.9. The number of ether oxygens (including phenoxy) is 4. The molecular formula is C35H42O8. The van der Waals surface area contributed by atoms with Gasteiger partial charge in [-0.1, -0.05) is 26.3 Å². The molecule has 3 aromatic rings. The number of phenols is 3. The third-order valence-corrected chi connectivity index (χ3v) is 9.33. The fraction of sp³-hybridized carbons (Fsp3) is 0.486. The summed E-state index contributed by atoms with van der Waals surface area (Å²) in [7, 11) is 3.00. The van der Waals surface area contributed by atoms with Crippen LogP contribution >= 0.6 is 0 Å². The van der Waals surface area contributed by atoms with Crippen molar-refractivity contribution in [3.63, 3.8) is 0 Å². The highest BCUT2D eigenvalue weighted by atomic mass is 16.5. The molecule has 3 aliphatic rings. The Morgan fingerprint density at radius 2 is 1.65 bits per heavy atom. The van der Waals surface area contributed by atoms with Crippen molar-refractivity contribution >= 4 is 0 Å². The Morgan fingerprint density at radius 1 is 0.884 bits per heavy atom. The maximum atomic E-state index is 11.6. The van der Waals surface area contributed by atoms with Crippen LogP contribution in [0.4, 0.5) is 0 Å². The third kappa shape index (κ3) is 5.30. The molecular weight excluding hydrogens is 548 g/mol. The zero-order valence-corrected chi connectivity index (χ0v) is 25.4. The molecule has 4 N–H and O–H groups in total. The number of phenolic OH excluding ortho intramolecular Hbond substituents is 3. The van der Waals surface area contributed by atoms with Crippen LogP contribution in [-0.4, -0.2) is 46.9 Å². The Kier molecular flexibility index (Phi) is 7.98. The van der Waals surface area contributed by atoms with Gasteiger partial charge in [-0.05, 0) is 85.3 Å². The second-order valence-electron chi connectivity index (χ2n) is 12.6. The third-order valence-electron chi connectivity index (χ3n) is 9.33. The molecule has 1 aliphatic heterocycles. The Labute approximate surface area is 252 Å². The predicted molar refractivity (Wildman–Crippen MR) is 163 cm³/mol. The Morgan fingerprint density at radius 3 is 2.35 bits per heavy atom. The lowest BCUT2D eigenvalue weighted by atomic mass is 9.73. The van der Waals surface area contributed by atoms with E-state index in [2.05, 4.69) is 13.8 Å². The maximum absolute atomic E-state index is 11.6. The number of benzene rings is 3. The van der Waals surface area contributed by atoms with E-state index >= 15 is 0 Å². The second kappa shape index (κ2) is 11.7. The van der Waals surface area contributed by atoms with Crippen molar-refractivity contribution in [1.82, 2.24) is 0 Å². The van der Waals surface area contributed by atoms with Crippen molar-refractivity contribution in [2.45, 2.75) is 89.4 Å². The van der Waals surface area contributed by atoms with E-state index in [0.717, 1.165) is 72.8 Å². The number of aromatic hydroxyl groups is 3. The summed E-state index contributed by atoms with van der Waals surface area (Å²) >= 11 is 0. The molecule has 3 atom stereocenters.